The van der Waals surface area contributed by atoms with Crippen molar-refractivity contribution in [3.63, 3.8) is 0 Å². The summed E-state index contributed by atoms with van der Waals surface area (Å²) in [4.78, 5) is 138. The second-order valence-electron chi connectivity index (χ2n) is 11.8. The number of nitrogens with zero attached hydrogens (tertiary/aromatic N) is 10. The van der Waals surface area contributed by atoms with Crippen molar-refractivity contribution in [1.29, 1.82) is 0 Å². The average Bonchev–Trinajstić information content (AvgIpc) is 3.84. The summed E-state index contributed by atoms with van der Waals surface area (Å²) in [6.45, 7) is -3.14. The largest absolute Gasteiger partial charge is 0.396 e. The summed E-state index contributed by atoms with van der Waals surface area (Å²) in [5.74, 6) is 0. The molecule has 394 valence electrons. The minimum atomic E-state index is -2.00. The predicted octanol–water partition coefficient (Wildman–Crippen LogP) is -3.71. The van der Waals surface area contributed by atoms with Crippen LogP contribution in [0.3, 0.4) is 0 Å². The Hall–Kier alpha value is -8.04. The van der Waals surface area contributed by atoms with Gasteiger partial charge in [-0.1, -0.05) is 19.8 Å². The Morgan fingerprint density at radius 1 is 0.529 bits per heavy atom. The zero-order valence-corrected chi connectivity index (χ0v) is 34.4. The third-order valence-corrected chi connectivity index (χ3v) is 7.15. The molecule has 45 nitrogen and oxygen atoms in total. The van der Waals surface area contributed by atoms with Crippen molar-refractivity contribution in [1.82, 2.24) is 0 Å². The van der Waals surface area contributed by atoms with Crippen LogP contribution in [0.5, 0.6) is 0 Å². The zero-order valence-electron chi connectivity index (χ0n) is 34.4. The lowest BCUT2D eigenvalue weighted by molar-refractivity contribution is -0.818. The smallest absolute Gasteiger partial charge is 0.294 e. The van der Waals surface area contributed by atoms with Gasteiger partial charge in [-0.15, -0.1) is 95.9 Å². The van der Waals surface area contributed by atoms with E-state index in [0.29, 0.717) is 6.61 Å². The highest BCUT2D eigenvalue weighted by Gasteiger charge is 2.51. The van der Waals surface area contributed by atoms with Gasteiger partial charge in [0.05, 0.1) is 45.1 Å². The minimum Gasteiger partial charge on any atom is -0.396 e. The Labute approximate surface area is 372 Å². The number of rotatable bonds is 32. The van der Waals surface area contributed by atoms with Crippen molar-refractivity contribution in [3.8, 4) is 0 Å². The molecule has 0 aromatic heterocycles. The van der Waals surface area contributed by atoms with E-state index in [2.05, 4.69) is 60.6 Å². The van der Waals surface area contributed by atoms with Gasteiger partial charge in [-0.25, -0.2) is 0 Å². The molecule has 2 saturated heterocycles. The highest BCUT2D eigenvalue weighted by Crippen LogP contribution is 2.30. The molecule has 0 aromatic carbocycles. The van der Waals surface area contributed by atoms with Gasteiger partial charge in [0.25, 0.3) is 45.8 Å². The van der Waals surface area contributed by atoms with Gasteiger partial charge >= 0.3 is 0 Å². The summed E-state index contributed by atoms with van der Waals surface area (Å²) < 4.78 is 10.2. The van der Waals surface area contributed by atoms with E-state index in [0.717, 1.165) is 19.3 Å². The van der Waals surface area contributed by atoms with Gasteiger partial charge in [0.2, 0.25) is 0 Å². The quantitative estimate of drug-likeness (QED) is 0.0218. The monoisotopic (exact) mass is 1020 g/mol. The first kappa shape index (κ1) is 64.2. The van der Waals surface area contributed by atoms with Crippen molar-refractivity contribution >= 4 is 0 Å². The van der Waals surface area contributed by atoms with Crippen LogP contribution in [0.25, 0.3) is 0 Å². The molecule has 0 radical (unpaired) electrons. The second-order valence-corrected chi connectivity index (χ2v) is 11.8. The maximum absolute atomic E-state index is 10.1. The number of ether oxygens (including phenoxy) is 2. The maximum atomic E-state index is 10.1. The van der Waals surface area contributed by atoms with Gasteiger partial charge in [-0.3, -0.25) is 0 Å². The molecular formula is C23H42N10O35. The first-order valence-electron chi connectivity index (χ1n) is 17.6. The summed E-state index contributed by atoms with van der Waals surface area (Å²) in [5, 5.41) is 115. The highest BCUT2D eigenvalue weighted by atomic mass is 17.0. The van der Waals surface area contributed by atoms with Crippen molar-refractivity contribution in [3.05, 3.63) is 95.9 Å². The highest BCUT2D eigenvalue weighted by molar-refractivity contribution is 4.95. The fraction of sp³-hybridized carbons (Fsp3) is 1.00. The molecule has 2 aliphatic rings. The molecule has 0 saturated carbocycles. The lowest BCUT2D eigenvalue weighted by Crippen LogP contribution is -2.42. The lowest BCUT2D eigenvalue weighted by Gasteiger charge is -2.23. The van der Waals surface area contributed by atoms with E-state index in [1.54, 1.807) is 0 Å². The van der Waals surface area contributed by atoms with E-state index in [9.17, 15) is 95.9 Å². The average molecular weight is 1020 g/mol. The van der Waals surface area contributed by atoms with Crippen molar-refractivity contribution in [2.75, 3.05) is 72.7 Å². The molecule has 0 unspecified atom stereocenters. The molecule has 4 N–H and O–H groups in total. The summed E-state index contributed by atoms with van der Waals surface area (Å²) in [6.07, 6.45) is -5.48. The van der Waals surface area contributed by atoms with Gasteiger partial charge in [0.1, 0.15) is 45.2 Å². The molecule has 0 aliphatic carbocycles. The van der Waals surface area contributed by atoms with Crippen LogP contribution >= 0.6 is 0 Å². The van der Waals surface area contributed by atoms with Crippen LogP contribution in [0.1, 0.15) is 26.2 Å². The van der Waals surface area contributed by atoms with E-state index in [4.69, 9.17) is 29.9 Å². The molecule has 0 bridgehead atoms. The third-order valence-electron chi connectivity index (χ3n) is 7.15. The molecule has 0 spiro atoms. The van der Waals surface area contributed by atoms with Crippen LogP contribution in [0, 0.1) is 101 Å². The lowest BCUT2D eigenvalue weighted by atomic mass is 9.93. The van der Waals surface area contributed by atoms with Gasteiger partial charge < -0.3 is 78.3 Å². The number of aliphatic hydroxyl groups is 4. The first-order chi connectivity index (χ1) is 31.9. The molecule has 6 atom stereocenters. The summed E-state index contributed by atoms with van der Waals surface area (Å²) in [6, 6.07) is 0. The van der Waals surface area contributed by atoms with Gasteiger partial charge in [-0.2, -0.15) is 0 Å². The normalized spacial score (nSPS) is 17.0. The third kappa shape index (κ3) is 33.5. The Bertz CT molecular complexity index is 1440. The molecule has 0 aromatic rings. The van der Waals surface area contributed by atoms with E-state index >= 15 is 0 Å². The standard InChI is InChI=1S/C6H8N2O8.C5H11NO2.C5H12O4.C4H6N4O12.C3H5N3O9/c9-7(10)15-3-1-13-6-4(16-8(11)12)2-14-5(3)6;1-2-3-4-5-8-6-7;6-1-5(2-7,3-8)4-9;9-5(10)17-1-3(19-7(13)14)4(20-8(15)16)2-18-6(11)12;7-4(8)13-1-3(15-6(11)12)2-14-5(9)10/h3-6H,1-2H2;2-5H2,1H3;6-9H,1-4H2;3-4H,1-2H2;3H,1-2H2/t3-,4+,5-,6-;;;3-,4+;/m1..../s1. The van der Waals surface area contributed by atoms with E-state index in [1.165, 1.54) is 0 Å². The van der Waals surface area contributed by atoms with Crippen LogP contribution in [0.4, 0.5) is 0 Å². The topological polar surface area (TPSA) is 609 Å². The van der Waals surface area contributed by atoms with Gasteiger partial charge in [-0.05, 0) is 6.42 Å². The van der Waals surface area contributed by atoms with Crippen molar-refractivity contribution in [2.45, 2.75) is 68.9 Å². The van der Waals surface area contributed by atoms with Crippen molar-refractivity contribution < 1.29 is 124 Å². The van der Waals surface area contributed by atoms with Crippen LogP contribution in [-0.4, -0.2) is 182 Å². The Balaban J connectivity index is -0.000000805. The predicted molar refractivity (Wildman–Crippen MR) is 193 cm³/mol. The van der Waals surface area contributed by atoms with E-state index < -0.39 is 147 Å². The summed E-state index contributed by atoms with van der Waals surface area (Å²) in [7, 11) is 0. The van der Waals surface area contributed by atoms with Gasteiger partial charge in [0.15, 0.2) is 35.9 Å². The number of hydrogen-bond donors (Lipinski definition) is 4. The van der Waals surface area contributed by atoms with Crippen LogP contribution in [-0.2, 0) is 57.8 Å². The van der Waals surface area contributed by atoms with E-state index in [1.807, 2.05) is 0 Å². The zero-order chi connectivity index (χ0) is 52.8. The van der Waals surface area contributed by atoms with E-state index in [-0.39, 0.29) is 13.2 Å². The Morgan fingerprint density at radius 3 is 1.12 bits per heavy atom. The Morgan fingerprint density at radius 2 is 0.868 bits per heavy atom. The fourth-order valence-electron chi connectivity index (χ4n) is 4.00. The summed E-state index contributed by atoms with van der Waals surface area (Å²) in [5.41, 5.74) is -1.11. The molecule has 45 heteroatoms. The SMILES string of the molecule is CCCCCON=O.O=[N+]([O-])OCC(CO[N+](=O)[O-])O[N+](=O)[O-].O=[N+]([O-])OC[C@H](O[N+](=O)[O-])[C@@H](CO[N+](=O)[O-])O[N+](=O)[O-].O=[N+]([O-])O[C@H]1CO[C@H]2[C@@H]1OC[C@H]2O[N+](=O)[O-].OCC(CO)(CO)CO. The summed E-state index contributed by atoms with van der Waals surface area (Å²) >= 11 is 0. The molecular weight excluding hydrogens is 976 g/mol. The van der Waals surface area contributed by atoms with Crippen molar-refractivity contribution in [2.24, 2.45) is 10.8 Å². The first-order valence-corrected chi connectivity index (χ1v) is 17.6. The molecule has 2 heterocycles. The number of aliphatic hydroxyl groups excluding tert-OH is 4. The molecule has 2 aliphatic heterocycles. The van der Waals surface area contributed by atoms with Gasteiger partial charge in [0, 0.05) is 0 Å². The van der Waals surface area contributed by atoms with Crippen LogP contribution in [0.2, 0.25) is 0 Å². The number of unbranched alkanes of at least 4 members (excludes halogenated alkanes) is 2. The van der Waals surface area contributed by atoms with Crippen LogP contribution in [0.15, 0.2) is 5.34 Å². The fourth-order valence-corrected chi connectivity index (χ4v) is 4.00. The number of fused-ring (bicyclic) bond motifs is 1. The van der Waals surface area contributed by atoms with Crippen LogP contribution < -0.4 is 0 Å². The molecule has 2 rings (SSSR count). The molecule has 2 fully saturated rings. The Kier molecular flexibility index (Phi) is 35.2. The molecule has 0 amide bonds. The number of hydrogen-bond acceptors (Lipinski definition) is 36. The maximum Gasteiger partial charge on any atom is 0.294 e. The second kappa shape index (κ2) is 37.2. The minimum absolute atomic E-state index is 0.0477. The molecule has 68 heavy (non-hydrogen) atoms.